The van der Waals surface area contributed by atoms with Crippen molar-refractivity contribution in [2.75, 3.05) is 13.1 Å². The van der Waals surface area contributed by atoms with Crippen LogP contribution in [0.4, 0.5) is 0 Å². The van der Waals surface area contributed by atoms with Gasteiger partial charge < -0.3 is 16.2 Å². The normalized spacial score (nSPS) is 12.8. The van der Waals surface area contributed by atoms with E-state index in [1.807, 2.05) is 0 Å². The molecule has 0 aliphatic heterocycles. The maximum atomic E-state index is 10.5. The average molecular weight is 132 g/mol. The first kappa shape index (κ1) is 8.39. The first-order valence-electron chi connectivity index (χ1n) is 2.84. The Labute approximate surface area is 54.0 Å². The van der Waals surface area contributed by atoms with E-state index in [2.05, 4.69) is 5.32 Å². The lowest BCUT2D eigenvalue weighted by atomic mass is 10.4. The number of nitrogens with two attached hydrogens (primary N) is 1. The van der Waals surface area contributed by atoms with Gasteiger partial charge in [-0.05, 0) is 6.92 Å². The van der Waals surface area contributed by atoms with Crippen molar-refractivity contribution >= 4 is 5.91 Å². The minimum Gasteiger partial charge on any atom is -0.384 e. The Hall–Kier alpha value is -0.610. The van der Waals surface area contributed by atoms with Crippen molar-refractivity contribution in [1.29, 1.82) is 0 Å². The lowest BCUT2D eigenvalue weighted by molar-refractivity contribution is -0.128. The summed E-state index contributed by atoms with van der Waals surface area (Å²) in [5.74, 6) is -0.375. The van der Waals surface area contributed by atoms with Gasteiger partial charge in [0, 0.05) is 13.1 Å². The molecule has 0 saturated carbocycles. The van der Waals surface area contributed by atoms with Crippen LogP contribution in [-0.4, -0.2) is 30.2 Å². The Bertz CT molecular complexity index is 93.0. The van der Waals surface area contributed by atoms with E-state index in [0.29, 0.717) is 13.1 Å². The van der Waals surface area contributed by atoms with E-state index in [9.17, 15) is 4.79 Å². The number of carbonyl (C=O) groups is 1. The van der Waals surface area contributed by atoms with Crippen LogP contribution in [0.25, 0.3) is 0 Å². The molecule has 9 heavy (non-hydrogen) atoms. The van der Waals surface area contributed by atoms with Crippen LogP contribution in [0, 0.1) is 0 Å². The number of nitrogens with one attached hydrogen (secondary N) is 1. The van der Waals surface area contributed by atoms with E-state index in [0.717, 1.165) is 0 Å². The smallest absolute Gasteiger partial charge is 0.248 e. The molecule has 0 heterocycles. The summed E-state index contributed by atoms with van der Waals surface area (Å²) in [6.07, 6.45) is -0.934. The van der Waals surface area contributed by atoms with Gasteiger partial charge in [-0.25, -0.2) is 0 Å². The largest absolute Gasteiger partial charge is 0.384 e. The van der Waals surface area contributed by atoms with Gasteiger partial charge >= 0.3 is 0 Å². The molecule has 0 aliphatic carbocycles. The fourth-order valence-corrected chi connectivity index (χ4v) is 0.343. The molecule has 54 valence electrons. The SMILES string of the molecule is C[C@@H](O)C(=O)NCCN. The number of hydrogen-bond acceptors (Lipinski definition) is 3. The molecule has 1 atom stereocenters. The highest BCUT2D eigenvalue weighted by atomic mass is 16.3. The average Bonchev–Trinajstić information content (AvgIpc) is 1.82. The number of aliphatic hydroxyl groups is 1. The Kier molecular flexibility index (Phi) is 4.00. The van der Waals surface area contributed by atoms with Gasteiger partial charge in [-0.15, -0.1) is 0 Å². The zero-order valence-corrected chi connectivity index (χ0v) is 5.42. The second-order valence-electron chi connectivity index (χ2n) is 1.76. The first-order chi connectivity index (χ1) is 4.18. The Morgan fingerprint density at radius 2 is 2.44 bits per heavy atom. The van der Waals surface area contributed by atoms with Gasteiger partial charge in [0.15, 0.2) is 0 Å². The molecule has 4 nitrogen and oxygen atoms in total. The molecule has 0 aliphatic rings. The van der Waals surface area contributed by atoms with Crippen molar-refractivity contribution in [3.8, 4) is 0 Å². The third kappa shape index (κ3) is 3.93. The summed E-state index contributed by atoms with van der Waals surface area (Å²) in [7, 11) is 0. The molecule has 0 aromatic heterocycles. The second kappa shape index (κ2) is 4.29. The van der Waals surface area contributed by atoms with E-state index in [4.69, 9.17) is 10.8 Å². The predicted octanol–water partition coefficient (Wildman–Crippen LogP) is -1.56. The Morgan fingerprint density at radius 1 is 1.89 bits per heavy atom. The van der Waals surface area contributed by atoms with Crippen molar-refractivity contribution in [1.82, 2.24) is 5.32 Å². The number of amides is 1. The summed E-state index contributed by atoms with van der Waals surface area (Å²) in [4.78, 5) is 10.5. The summed E-state index contributed by atoms with van der Waals surface area (Å²) in [6, 6.07) is 0. The molecule has 0 spiro atoms. The van der Waals surface area contributed by atoms with Crippen LogP contribution in [0.15, 0.2) is 0 Å². The van der Waals surface area contributed by atoms with Crippen LogP contribution in [0.3, 0.4) is 0 Å². The molecule has 0 unspecified atom stereocenters. The standard InChI is InChI=1S/C5H12N2O2/c1-4(8)5(9)7-3-2-6/h4,8H,2-3,6H2,1H3,(H,7,9)/t4-/m1/s1. The molecule has 0 aromatic rings. The fourth-order valence-electron chi connectivity index (χ4n) is 0.343. The van der Waals surface area contributed by atoms with E-state index < -0.39 is 6.10 Å². The van der Waals surface area contributed by atoms with Crippen LogP contribution in [0.1, 0.15) is 6.92 Å². The molecular formula is C5H12N2O2. The highest BCUT2D eigenvalue weighted by molar-refractivity contribution is 5.79. The quantitative estimate of drug-likeness (QED) is 0.435. The predicted molar refractivity (Wildman–Crippen MR) is 33.7 cm³/mol. The zero-order valence-electron chi connectivity index (χ0n) is 5.42. The van der Waals surface area contributed by atoms with Crippen LogP contribution < -0.4 is 11.1 Å². The minimum absolute atomic E-state index is 0.375. The van der Waals surface area contributed by atoms with Crippen LogP contribution in [0.5, 0.6) is 0 Å². The van der Waals surface area contributed by atoms with Crippen molar-refractivity contribution < 1.29 is 9.90 Å². The third-order valence-electron chi connectivity index (χ3n) is 0.823. The van der Waals surface area contributed by atoms with Gasteiger partial charge in [0.1, 0.15) is 6.10 Å². The summed E-state index contributed by atoms with van der Waals surface area (Å²) in [6.45, 7) is 2.23. The zero-order chi connectivity index (χ0) is 7.28. The van der Waals surface area contributed by atoms with Gasteiger partial charge in [-0.3, -0.25) is 4.79 Å². The van der Waals surface area contributed by atoms with Crippen LogP contribution in [-0.2, 0) is 4.79 Å². The lowest BCUT2D eigenvalue weighted by Crippen LogP contribution is -2.35. The topological polar surface area (TPSA) is 75.3 Å². The number of hydrogen-bond donors (Lipinski definition) is 3. The van der Waals surface area contributed by atoms with Gasteiger partial charge in [0.25, 0.3) is 0 Å². The van der Waals surface area contributed by atoms with Crippen LogP contribution >= 0.6 is 0 Å². The highest BCUT2D eigenvalue weighted by Crippen LogP contribution is 1.76. The summed E-state index contributed by atoms with van der Waals surface area (Å²) >= 11 is 0. The van der Waals surface area contributed by atoms with Crippen molar-refractivity contribution in [3.05, 3.63) is 0 Å². The minimum atomic E-state index is -0.934. The molecule has 1 amide bonds. The van der Waals surface area contributed by atoms with Gasteiger partial charge in [-0.1, -0.05) is 0 Å². The summed E-state index contributed by atoms with van der Waals surface area (Å²) < 4.78 is 0. The number of rotatable bonds is 3. The molecule has 4 heteroatoms. The summed E-state index contributed by atoms with van der Waals surface area (Å²) in [5, 5.41) is 11.0. The van der Waals surface area contributed by atoms with Crippen molar-refractivity contribution in [3.63, 3.8) is 0 Å². The third-order valence-corrected chi connectivity index (χ3v) is 0.823. The molecule has 0 aromatic carbocycles. The van der Waals surface area contributed by atoms with Crippen molar-refractivity contribution in [2.24, 2.45) is 5.73 Å². The molecule has 4 N–H and O–H groups in total. The second-order valence-corrected chi connectivity index (χ2v) is 1.76. The number of aliphatic hydroxyl groups excluding tert-OH is 1. The molecule has 0 saturated heterocycles. The first-order valence-corrected chi connectivity index (χ1v) is 2.84. The highest BCUT2D eigenvalue weighted by Gasteiger charge is 2.05. The molecule has 0 radical (unpaired) electrons. The van der Waals surface area contributed by atoms with Gasteiger partial charge in [-0.2, -0.15) is 0 Å². The fraction of sp³-hybridized carbons (Fsp3) is 0.800. The van der Waals surface area contributed by atoms with E-state index in [1.165, 1.54) is 6.92 Å². The van der Waals surface area contributed by atoms with E-state index >= 15 is 0 Å². The lowest BCUT2D eigenvalue weighted by Gasteiger charge is -2.03. The molecule has 0 bridgehead atoms. The maximum Gasteiger partial charge on any atom is 0.248 e. The monoisotopic (exact) mass is 132 g/mol. The summed E-state index contributed by atoms with van der Waals surface area (Å²) in [5.41, 5.74) is 5.08. The van der Waals surface area contributed by atoms with Crippen LogP contribution in [0.2, 0.25) is 0 Å². The van der Waals surface area contributed by atoms with Crippen molar-refractivity contribution in [2.45, 2.75) is 13.0 Å². The molecule has 0 rings (SSSR count). The molecular weight excluding hydrogens is 120 g/mol. The molecule has 0 fully saturated rings. The van der Waals surface area contributed by atoms with Gasteiger partial charge in [0.05, 0.1) is 0 Å². The maximum absolute atomic E-state index is 10.5. The van der Waals surface area contributed by atoms with Gasteiger partial charge in [0.2, 0.25) is 5.91 Å². The Balaban J connectivity index is 3.28. The number of carbonyl (C=O) groups excluding carboxylic acids is 1. The Morgan fingerprint density at radius 3 is 2.78 bits per heavy atom. The van der Waals surface area contributed by atoms with E-state index in [-0.39, 0.29) is 5.91 Å². The van der Waals surface area contributed by atoms with E-state index in [1.54, 1.807) is 0 Å².